The largest absolute Gasteiger partial charge is 0.481 e. The average molecular weight is 355 g/mol. The number of aromatic amines is 1. The number of rotatable bonds is 4. The maximum atomic E-state index is 13.4. The molecule has 0 bridgehead atoms. The van der Waals surface area contributed by atoms with Crippen molar-refractivity contribution in [3.8, 4) is 11.1 Å². The summed E-state index contributed by atoms with van der Waals surface area (Å²) in [5, 5.41) is 9.42. The Balaban J connectivity index is 2.04. The number of thioether (sulfide) groups is 1. The molecule has 0 amide bonds. The van der Waals surface area contributed by atoms with E-state index < -0.39 is 17.6 Å². The van der Waals surface area contributed by atoms with Crippen LogP contribution in [0.2, 0.25) is 5.02 Å². The summed E-state index contributed by atoms with van der Waals surface area (Å²) in [6.45, 7) is 0. The number of hydrogen-bond donors (Lipinski definition) is 2. The van der Waals surface area contributed by atoms with Crippen molar-refractivity contribution in [3.05, 3.63) is 47.0 Å². The van der Waals surface area contributed by atoms with Gasteiger partial charge in [0.25, 0.3) is 0 Å². The number of carboxylic acids is 1. The topological polar surface area (TPSA) is 66.0 Å². The van der Waals surface area contributed by atoms with Gasteiger partial charge in [-0.05, 0) is 29.8 Å². The first-order chi connectivity index (χ1) is 10.9. The fraction of sp³-hybridized carbons (Fsp3) is 0.0667. The zero-order valence-electron chi connectivity index (χ0n) is 11.4. The van der Waals surface area contributed by atoms with Crippen LogP contribution in [0.1, 0.15) is 0 Å². The Kier molecular flexibility index (Phi) is 4.23. The highest BCUT2D eigenvalue weighted by atomic mass is 35.5. The summed E-state index contributed by atoms with van der Waals surface area (Å²) in [6.07, 6.45) is 0. The number of carboxylic acid groups (broad SMARTS) is 1. The molecule has 0 radical (unpaired) electrons. The van der Waals surface area contributed by atoms with Crippen molar-refractivity contribution in [1.29, 1.82) is 0 Å². The number of benzene rings is 2. The van der Waals surface area contributed by atoms with Crippen molar-refractivity contribution in [1.82, 2.24) is 9.97 Å². The molecule has 2 N–H and O–H groups in total. The Morgan fingerprint density at radius 2 is 1.91 bits per heavy atom. The lowest BCUT2D eigenvalue weighted by atomic mass is 10.0. The van der Waals surface area contributed by atoms with Crippen molar-refractivity contribution in [2.45, 2.75) is 5.16 Å². The molecule has 118 valence electrons. The van der Waals surface area contributed by atoms with Gasteiger partial charge in [0.15, 0.2) is 5.16 Å². The maximum Gasteiger partial charge on any atom is 0.313 e. The summed E-state index contributed by atoms with van der Waals surface area (Å²) in [6, 6.07) is 6.34. The van der Waals surface area contributed by atoms with Crippen LogP contribution >= 0.6 is 23.4 Å². The molecule has 0 aliphatic carbocycles. The second kappa shape index (κ2) is 6.17. The number of hydrogen-bond acceptors (Lipinski definition) is 3. The summed E-state index contributed by atoms with van der Waals surface area (Å²) in [5.74, 6) is -2.48. The number of nitrogens with one attached hydrogen (secondary N) is 1. The summed E-state index contributed by atoms with van der Waals surface area (Å²) in [5.41, 5.74) is 1.89. The summed E-state index contributed by atoms with van der Waals surface area (Å²) < 4.78 is 26.8. The number of H-pyrrole nitrogens is 1. The van der Waals surface area contributed by atoms with E-state index in [9.17, 15) is 13.6 Å². The van der Waals surface area contributed by atoms with E-state index in [1.165, 1.54) is 12.1 Å². The zero-order valence-corrected chi connectivity index (χ0v) is 13.0. The minimum Gasteiger partial charge on any atom is -0.481 e. The highest BCUT2D eigenvalue weighted by Gasteiger charge is 2.12. The van der Waals surface area contributed by atoms with E-state index in [1.54, 1.807) is 12.1 Å². The van der Waals surface area contributed by atoms with Gasteiger partial charge < -0.3 is 10.1 Å². The third-order valence-corrected chi connectivity index (χ3v) is 4.23. The van der Waals surface area contributed by atoms with Gasteiger partial charge in [0.1, 0.15) is 11.6 Å². The van der Waals surface area contributed by atoms with E-state index in [2.05, 4.69) is 9.97 Å². The van der Waals surface area contributed by atoms with Crippen molar-refractivity contribution < 1.29 is 18.7 Å². The number of fused-ring (bicyclic) bond motifs is 1. The van der Waals surface area contributed by atoms with Crippen LogP contribution in [0.5, 0.6) is 0 Å². The van der Waals surface area contributed by atoms with Crippen molar-refractivity contribution in [2.75, 3.05) is 5.75 Å². The lowest BCUT2D eigenvalue weighted by Crippen LogP contribution is -1.97. The Morgan fingerprint density at radius 3 is 2.57 bits per heavy atom. The third-order valence-electron chi connectivity index (χ3n) is 3.05. The quantitative estimate of drug-likeness (QED) is 0.684. The first-order valence-electron chi connectivity index (χ1n) is 6.42. The Morgan fingerprint density at radius 1 is 1.22 bits per heavy atom. The second-order valence-corrected chi connectivity index (χ2v) is 6.10. The summed E-state index contributed by atoms with van der Waals surface area (Å²) in [4.78, 5) is 17.8. The Bertz CT molecular complexity index is 894. The van der Waals surface area contributed by atoms with Crippen molar-refractivity contribution >= 4 is 40.4 Å². The minimum atomic E-state index is -0.954. The molecule has 1 heterocycles. The van der Waals surface area contributed by atoms with Crippen LogP contribution in [-0.4, -0.2) is 26.8 Å². The van der Waals surface area contributed by atoms with Crippen molar-refractivity contribution in [2.24, 2.45) is 0 Å². The standard InChI is InChI=1S/C15H9ClF2N2O2S/c16-11-5-13-12(19-15(20-13)23-6-14(21)22)4-10(11)7-1-8(17)3-9(18)2-7/h1-5H,6H2,(H,19,20)(H,21,22). The van der Waals surface area contributed by atoms with Crippen LogP contribution in [0.4, 0.5) is 8.78 Å². The van der Waals surface area contributed by atoms with Gasteiger partial charge in [-0.25, -0.2) is 13.8 Å². The normalized spacial score (nSPS) is 11.1. The van der Waals surface area contributed by atoms with Crippen LogP contribution in [-0.2, 0) is 4.79 Å². The molecule has 2 aromatic carbocycles. The highest BCUT2D eigenvalue weighted by molar-refractivity contribution is 7.99. The molecule has 0 spiro atoms. The molecule has 0 aliphatic rings. The van der Waals surface area contributed by atoms with E-state index in [-0.39, 0.29) is 5.75 Å². The molecular weight excluding hydrogens is 346 g/mol. The molecule has 0 saturated heterocycles. The van der Waals surface area contributed by atoms with Crippen molar-refractivity contribution in [3.63, 3.8) is 0 Å². The number of aromatic nitrogens is 2. The average Bonchev–Trinajstić information content (AvgIpc) is 2.84. The number of imidazole rings is 1. The van der Waals surface area contributed by atoms with Crippen LogP contribution in [0.15, 0.2) is 35.5 Å². The fourth-order valence-corrected chi connectivity index (χ4v) is 3.01. The molecule has 23 heavy (non-hydrogen) atoms. The molecule has 0 saturated carbocycles. The number of aliphatic carboxylic acids is 1. The van der Waals surface area contributed by atoms with Crippen LogP contribution in [0, 0.1) is 11.6 Å². The van der Waals surface area contributed by atoms with E-state index >= 15 is 0 Å². The lowest BCUT2D eigenvalue weighted by molar-refractivity contribution is -0.133. The molecule has 3 rings (SSSR count). The number of halogens is 3. The first-order valence-corrected chi connectivity index (χ1v) is 7.79. The van der Waals surface area contributed by atoms with Crippen LogP contribution in [0.3, 0.4) is 0 Å². The predicted octanol–water partition coefficient (Wildman–Crippen LogP) is 4.34. The molecular formula is C15H9ClF2N2O2S. The van der Waals surface area contributed by atoms with Gasteiger partial charge in [-0.1, -0.05) is 23.4 Å². The molecule has 0 atom stereocenters. The van der Waals surface area contributed by atoms with E-state index in [1.807, 2.05) is 0 Å². The van der Waals surface area contributed by atoms with Gasteiger partial charge in [-0.15, -0.1) is 0 Å². The SMILES string of the molecule is O=C(O)CSc1nc2cc(-c3cc(F)cc(F)c3)c(Cl)cc2[nH]1. The van der Waals surface area contributed by atoms with E-state index in [0.717, 1.165) is 17.8 Å². The molecule has 0 unspecified atom stereocenters. The highest BCUT2D eigenvalue weighted by Crippen LogP contribution is 2.33. The van der Waals surface area contributed by atoms with Gasteiger partial charge in [-0.2, -0.15) is 0 Å². The number of nitrogens with zero attached hydrogens (tertiary/aromatic N) is 1. The molecule has 0 fully saturated rings. The Hall–Kier alpha value is -2.12. The lowest BCUT2D eigenvalue weighted by Gasteiger charge is -2.05. The van der Waals surface area contributed by atoms with E-state index in [4.69, 9.17) is 16.7 Å². The molecule has 8 heteroatoms. The van der Waals surface area contributed by atoms with E-state index in [0.29, 0.717) is 32.3 Å². The fourth-order valence-electron chi connectivity index (χ4n) is 2.14. The minimum absolute atomic E-state index is 0.129. The molecule has 1 aromatic heterocycles. The summed E-state index contributed by atoms with van der Waals surface area (Å²) >= 11 is 7.22. The van der Waals surface area contributed by atoms with Gasteiger partial charge in [0.2, 0.25) is 0 Å². The molecule has 4 nitrogen and oxygen atoms in total. The van der Waals surface area contributed by atoms with Crippen LogP contribution in [0.25, 0.3) is 22.2 Å². The third kappa shape index (κ3) is 3.46. The predicted molar refractivity (Wildman–Crippen MR) is 84.8 cm³/mol. The number of carbonyl (C=O) groups is 1. The monoisotopic (exact) mass is 354 g/mol. The van der Waals surface area contributed by atoms with Gasteiger partial charge >= 0.3 is 5.97 Å². The van der Waals surface area contributed by atoms with Gasteiger partial charge in [-0.3, -0.25) is 4.79 Å². The molecule has 3 aromatic rings. The Labute approximate surface area is 138 Å². The maximum absolute atomic E-state index is 13.4. The van der Waals surface area contributed by atoms with Gasteiger partial charge in [0.05, 0.1) is 21.8 Å². The summed E-state index contributed by atoms with van der Waals surface area (Å²) in [7, 11) is 0. The molecule has 0 aliphatic heterocycles. The smallest absolute Gasteiger partial charge is 0.313 e. The zero-order chi connectivity index (χ0) is 16.6. The first kappa shape index (κ1) is 15.8. The second-order valence-electron chi connectivity index (χ2n) is 4.73. The van der Waals surface area contributed by atoms with Gasteiger partial charge in [0, 0.05) is 11.6 Å². The van der Waals surface area contributed by atoms with Crippen LogP contribution < -0.4 is 0 Å².